The monoisotopic (exact) mass is 223 g/mol. The van der Waals surface area contributed by atoms with E-state index in [-0.39, 0.29) is 0 Å². The Labute approximate surface area is 99.4 Å². The summed E-state index contributed by atoms with van der Waals surface area (Å²) < 4.78 is 2.24. The third-order valence-corrected chi connectivity index (χ3v) is 3.16. The zero-order valence-electron chi connectivity index (χ0n) is 11.5. The van der Waals surface area contributed by atoms with Gasteiger partial charge in [-0.15, -0.1) is 0 Å². The fourth-order valence-corrected chi connectivity index (χ4v) is 2.01. The first-order valence-corrected chi connectivity index (χ1v) is 5.91. The zero-order valence-corrected chi connectivity index (χ0v) is 11.5. The van der Waals surface area contributed by atoms with Crippen LogP contribution in [0.2, 0.25) is 0 Å². The average Bonchev–Trinajstić information content (AvgIpc) is 2.42. The molecule has 1 heterocycles. The van der Waals surface area contributed by atoms with Gasteiger partial charge in [0.15, 0.2) is 0 Å². The number of aryl methyl sites for hydroxylation is 1. The summed E-state index contributed by atoms with van der Waals surface area (Å²) in [4.78, 5) is 2.21. The highest BCUT2D eigenvalue weighted by molar-refractivity contribution is 5.26. The zero-order chi connectivity index (χ0) is 12.3. The number of likely N-dealkylation sites (N-methyl/N-ethyl adjacent to an activating group) is 1. The van der Waals surface area contributed by atoms with E-state index in [0.29, 0.717) is 6.04 Å². The van der Waals surface area contributed by atoms with Gasteiger partial charge in [-0.1, -0.05) is 0 Å². The molecule has 0 amide bonds. The van der Waals surface area contributed by atoms with Gasteiger partial charge in [0, 0.05) is 37.6 Å². The lowest BCUT2D eigenvalue weighted by atomic mass is 10.2. The average molecular weight is 223 g/mol. The van der Waals surface area contributed by atoms with E-state index in [9.17, 15) is 0 Å². The highest BCUT2D eigenvalue weighted by Crippen LogP contribution is 2.12. The van der Waals surface area contributed by atoms with Crippen molar-refractivity contribution in [1.29, 1.82) is 0 Å². The van der Waals surface area contributed by atoms with E-state index in [1.54, 1.807) is 0 Å². The summed E-state index contributed by atoms with van der Waals surface area (Å²) in [6.45, 7) is 8.60. The van der Waals surface area contributed by atoms with Gasteiger partial charge in [0.05, 0.1) is 0 Å². The van der Waals surface area contributed by atoms with Gasteiger partial charge in [-0.3, -0.25) is 0 Å². The Hall–Kier alpha value is -0.800. The Kier molecular flexibility index (Phi) is 4.56. The molecule has 3 nitrogen and oxygen atoms in total. The predicted molar refractivity (Wildman–Crippen MR) is 69.7 cm³/mol. The quantitative estimate of drug-likeness (QED) is 0.819. The first-order valence-electron chi connectivity index (χ1n) is 5.91. The van der Waals surface area contributed by atoms with Crippen LogP contribution in [0, 0.1) is 13.8 Å². The van der Waals surface area contributed by atoms with E-state index < -0.39 is 0 Å². The number of hydrogen-bond donors (Lipinski definition) is 1. The molecule has 0 aliphatic heterocycles. The molecule has 0 radical (unpaired) electrons. The van der Waals surface area contributed by atoms with E-state index in [1.807, 2.05) is 0 Å². The SMILES string of the molecule is Cc1cc(CNC(C)CN(C)C)c(C)n1C. The van der Waals surface area contributed by atoms with Crippen LogP contribution >= 0.6 is 0 Å². The summed E-state index contributed by atoms with van der Waals surface area (Å²) in [5.41, 5.74) is 4.10. The second-order valence-corrected chi connectivity index (χ2v) is 5.00. The highest BCUT2D eigenvalue weighted by Gasteiger charge is 2.07. The Morgan fingerprint density at radius 1 is 1.38 bits per heavy atom. The topological polar surface area (TPSA) is 20.2 Å². The molecule has 0 bridgehead atoms. The Morgan fingerprint density at radius 2 is 2.00 bits per heavy atom. The first-order chi connectivity index (χ1) is 7.41. The van der Waals surface area contributed by atoms with Gasteiger partial charge in [0.2, 0.25) is 0 Å². The fourth-order valence-electron chi connectivity index (χ4n) is 2.01. The van der Waals surface area contributed by atoms with Crippen molar-refractivity contribution in [3.63, 3.8) is 0 Å². The summed E-state index contributed by atoms with van der Waals surface area (Å²) in [6.07, 6.45) is 0. The van der Waals surface area contributed by atoms with Crippen molar-refractivity contribution >= 4 is 0 Å². The van der Waals surface area contributed by atoms with Crippen LogP contribution in [0.3, 0.4) is 0 Å². The van der Waals surface area contributed by atoms with Crippen LogP contribution < -0.4 is 5.32 Å². The lowest BCUT2D eigenvalue weighted by Gasteiger charge is -2.18. The maximum atomic E-state index is 3.56. The standard InChI is InChI=1S/C13H25N3/c1-10(9-15(4)5)14-8-13-7-11(2)16(6)12(13)3/h7,10,14H,8-9H2,1-6H3. The minimum atomic E-state index is 0.523. The van der Waals surface area contributed by atoms with Crippen molar-refractivity contribution < 1.29 is 0 Å². The molecular formula is C13H25N3. The largest absolute Gasteiger partial charge is 0.352 e. The molecule has 1 N–H and O–H groups in total. The van der Waals surface area contributed by atoms with Gasteiger partial charge in [0.25, 0.3) is 0 Å². The molecule has 1 aromatic rings. The van der Waals surface area contributed by atoms with E-state index in [0.717, 1.165) is 13.1 Å². The third kappa shape index (κ3) is 3.35. The van der Waals surface area contributed by atoms with Crippen molar-refractivity contribution in [3.05, 3.63) is 23.0 Å². The van der Waals surface area contributed by atoms with Gasteiger partial charge in [-0.25, -0.2) is 0 Å². The van der Waals surface area contributed by atoms with Gasteiger partial charge >= 0.3 is 0 Å². The van der Waals surface area contributed by atoms with Crippen LogP contribution in [0.5, 0.6) is 0 Å². The molecule has 0 spiro atoms. The molecule has 0 saturated carbocycles. The Balaban J connectivity index is 2.51. The number of nitrogens with one attached hydrogen (secondary N) is 1. The Bertz CT molecular complexity index is 339. The van der Waals surface area contributed by atoms with Crippen molar-refractivity contribution in [2.75, 3.05) is 20.6 Å². The molecule has 1 atom stereocenters. The van der Waals surface area contributed by atoms with Crippen molar-refractivity contribution in [2.24, 2.45) is 7.05 Å². The molecular weight excluding hydrogens is 198 g/mol. The van der Waals surface area contributed by atoms with Crippen LogP contribution in [0.15, 0.2) is 6.07 Å². The van der Waals surface area contributed by atoms with Crippen LogP contribution in [0.25, 0.3) is 0 Å². The first kappa shape index (κ1) is 13.3. The lowest BCUT2D eigenvalue weighted by molar-refractivity contribution is 0.349. The molecule has 16 heavy (non-hydrogen) atoms. The minimum absolute atomic E-state index is 0.523. The third-order valence-electron chi connectivity index (χ3n) is 3.16. The van der Waals surface area contributed by atoms with Crippen LogP contribution in [0.1, 0.15) is 23.9 Å². The van der Waals surface area contributed by atoms with Gasteiger partial charge in [0.1, 0.15) is 0 Å². The van der Waals surface area contributed by atoms with Crippen molar-refractivity contribution in [2.45, 2.75) is 33.4 Å². The summed E-state index contributed by atoms with van der Waals surface area (Å²) >= 11 is 0. The summed E-state index contributed by atoms with van der Waals surface area (Å²) in [5.74, 6) is 0. The normalized spacial score (nSPS) is 13.4. The number of aromatic nitrogens is 1. The van der Waals surface area contributed by atoms with E-state index >= 15 is 0 Å². The Morgan fingerprint density at radius 3 is 2.44 bits per heavy atom. The van der Waals surface area contributed by atoms with Crippen LogP contribution in [-0.2, 0) is 13.6 Å². The number of nitrogens with zero attached hydrogens (tertiary/aromatic N) is 2. The smallest absolute Gasteiger partial charge is 0.0226 e. The molecule has 92 valence electrons. The number of hydrogen-bond acceptors (Lipinski definition) is 2. The summed E-state index contributed by atoms with van der Waals surface area (Å²) in [6, 6.07) is 2.79. The highest BCUT2D eigenvalue weighted by atomic mass is 15.1. The van der Waals surface area contributed by atoms with Crippen LogP contribution in [-0.4, -0.2) is 36.1 Å². The summed E-state index contributed by atoms with van der Waals surface area (Å²) in [5, 5.41) is 3.56. The molecule has 0 saturated heterocycles. The van der Waals surface area contributed by atoms with Gasteiger partial charge in [-0.2, -0.15) is 0 Å². The molecule has 0 aliphatic rings. The maximum Gasteiger partial charge on any atom is 0.0226 e. The minimum Gasteiger partial charge on any atom is -0.352 e. The number of rotatable bonds is 5. The second kappa shape index (κ2) is 5.51. The maximum absolute atomic E-state index is 3.56. The van der Waals surface area contributed by atoms with Crippen molar-refractivity contribution in [3.8, 4) is 0 Å². The summed E-state index contributed by atoms with van der Waals surface area (Å²) in [7, 11) is 6.34. The lowest BCUT2D eigenvalue weighted by Crippen LogP contribution is -2.35. The molecule has 1 rings (SSSR count). The predicted octanol–water partition coefficient (Wildman–Crippen LogP) is 1.68. The fraction of sp³-hybridized carbons (Fsp3) is 0.692. The van der Waals surface area contributed by atoms with Gasteiger partial charge < -0.3 is 14.8 Å². The van der Waals surface area contributed by atoms with Crippen LogP contribution in [0.4, 0.5) is 0 Å². The van der Waals surface area contributed by atoms with E-state index in [1.165, 1.54) is 17.0 Å². The van der Waals surface area contributed by atoms with E-state index in [4.69, 9.17) is 0 Å². The molecule has 3 heteroatoms. The molecule has 1 unspecified atom stereocenters. The van der Waals surface area contributed by atoms with E-state index in [2.05, 4.69) is 62.8 Å². The molecule has 0 aliphatic carbocycles. The molecule has 1 aromatic heterocycles. The van der Waals surface area contributed by atoms with Crippen molar-refractivity contribution in [1.82, 2.24) is 14.8 Å². The van der Waals surface area contributed by atoms with Gasteiger partial charge in [-0.05, 0) is 46.5 Å². The molecule has 0 aromatic carbocycles. The second-order valence-electron chi connectivity index (χ2n) is 5.00. The molecule has 0 fully saturated rings.